The molecule has 0 aromatic heterocycles. The lowest BCUT2D eigenvalue weighted by Gasteiger charge is -1.92. The Labute approximate surface area is 63.3 Å². The SMILES string of the molecule is NC(=O)[CH][C@@H]1CC1(Cl)Cl. The van der Waals surface area contributed by atoms with E-state index < -0.39 is 10.2 Å². The van der Waals surface area contributed by atoms with Crippen LogP contribution >= 0.6 is 23.2 Å². The van der Waals surface area contributed by atoms with E-state index in [9.17, 15) is 4.79 Å². The van der Waals surface area contributed by atoms with Gasteiger partial charge >= 0.3 is 0 Å². The van der Waals surface area contributed by atoms with Gasteiger partial charge in [0.1, 0.15) is 4.33 Å². The number of hydrogen-bond donors (Lipinski definition) is 1. The minimum atomic E-state index is -0.713. The first kappa shape index (κ1) is 7.16. The molecule has 51 valence electrons. The molecule has 0 aromatic carbocycles. The molecule has 2 N–H and O–H groups in total. The highest BCUT2D eigenvalue weighted by Gasteiger charge is 2.52. The van der Waals surface area contributed by atoms with Crippen molar-refractivity contribution in [3.05, 3.63) is 6.42 Å². The fourth-order valence-corrected chi connectivity index (χ4v) is 1.07. The highest BCUT2D eigenvalue weighted by molar-refractivity contribution is 6.51. The van der Waals surface area contributed by atoms with E-state index in [2.05, 4.69) is 0 Å². The molecule has 1 atom stereocenters. The van der Waals surface area contributed by atoms with Crippen molar-refractivity contribution >= 4 is 29.1 Å². The largest absolute Gasteiger partial charge is 0.369 e. The van der Waals surface area contributed by atoms with Gasteiger partial charge in [-0.3, -0.25) is 4.79 Å². The summed E-state index contributed by atoms with van der Waals surface area (Å²) in [6.45, 7) is 0. The maximum absolute atomic E-state index is 10.2. The minimum Gasteiger partial charge on any atom is -0.369 e. The van der Waals surface area contributed by atoms with Crippen LogP contribution in [0.15, 0.2) is 0 Å². The van der Waals surface area contributed by atoms with Crippen LogP contribution in [0.5, 0.6) is 0 Å². The van der Waals surface area contributed by atoms with E-state index >= 15 is 0 Å². The van der Waals surface area contributed by atoms with Gasteiger partial charge in [0.05, 0.1) is 6.42 Å². The van der Waals surface area contributed by atoms with Crippen molar-refractivity contribution in [2.75, 3.05) is 0 Å². The highest BCUT2D eigenvalue weighted by Crippen LogP contribution is 2.54. The second-order valence-electron chi connectivity index (χ2n) is 2.14. The zero-order chi connectivity index (χ0) is 7.07. The molecule has 1 aliphatic carbocycles. The summed E-state index contributed by atoms with van der Waals surface area (Å²) >= 11 is 11.2. The van der Waals surface area contributed by atoms with Crippen LogP contribution in [0.2, 0.25) is 0 Å². The Hall–Kier alpha value is 0.0500. The maximum atomic E-state index is 10.2. The first-order valence-corrected chi connectivity index (χ1v) is 3.30. The molecule has 1 aliphatic rings. The molecule has 0 heterocycles. The molecule has 0 spiro atoms. The lowest BCUT2D eigenvalue weighted by Crippen LogP contribution is -2.13. The second-order valence-corrected chi connectivity index (χ2v) is 3.68. The quantitative estimate of drug-likeness (QED) is 0.609. The van der Waals surface area contributed by atoms with Crippen LogP contribution in [0.4, 0.5) is 0 Å². The van der Waals surface area contributed by atoms with Crippen molar-refractivity contribution in [2.45, 2.75) is 10.8 Å². The second kappa shape index (κ2) is 2.03. The van der Waals surface area contributed by atoms with Crippen molar-refractivity contribution in [1.29, 1.82) is 0 Å². The fraction of sp³-hybridized carbons (Fsp3) is 0.600. The molecule has 0 bridgehead atoms. The molecule has 1 fully saturated rings. The van der Waals surface area contributed by atoms with Gasteiger partial charge in [-0.1, -0.05) is 0 Å². The molecule has 4 heteroatoms. The molecule has 1 radical (unpaired) electrons. The molecule has 0 aliphatic heterocycles. The molecular formula is C5H6Cl2NO. The Bertz CT molecular complexity index is 146. The van der Waals surface area contributed by atoms with Crippen LogP contribution < -0.4 is 5.73 Å². The maximum Gasteiger partial charge on any atom is 0.221 e. The predicted octanol–water partition coefficient (Wildman–Crippen LogP) is 0.870. The van der Waals surface area contributed by atoms with E-state index in [1.807, 2.05) is 0 Å². The standard InChI is InChI=1S/C5H6Cl2NO/c6-5(7)2-3(5)1-4(8)9/h1,3H,2H2,(H2,8,9)/t3-/m1/s1. The molecule has 0 saturated heterocycles. The first-order chi connectivity index (χ1) is 4.02. The molecular weight excluding hydrogens is 161 g/mol. The lowest BCUT2D eigenvalue weighted by atomic mass is 10.3. The predicted molar refractivity (Wildman–Crippen MR) is 36.0 cm³/mol. The number of nitrogens with two attached hydrogens (primary N) is 1. The Morgan fingerprint density at radius 3 is 2.33 bits per heavy atom. The molecule has 1 rings (SSSR count). The summed E-state index contributed by atoms with van der Waals surface area (Å²) in [7, 11) is 0. The summed E-state index contributed by atoms with van der Waals surface area (Å²) in [5.41, 5.74) is 4.84. The van der Waals surface area contributed by atoms with E-state index in [0.29, 0.717) is 6.42 Å². The Kier molecular flexibility index (Phi) is 1.61. The van der Waals surface area contributed by atoms with Crippen molar-refractivity contribution in [2.24, 2.45) is 11.7 Å². The molecule has 0 aromatic rings. The Morgan fingerprint density at radius 2 is 2.22 bits per heavy atom. The average Bonchev–Trinajstić information content (AvgIpc) is 2.10. The lowest BCUT2D eigenvalue weighted by molar-refractivity contribution is -0.115. The normalized spacial score (nSPS) is 29.8. The number of hydrogen-bond acceptors (Lipinski definition) is 1. The monoisotopic (exact) mass is 166 g/mol. The fourth-order valence-electron chi connectivity index (χ4n) is 0.613. The van der Waals surface area contributed by atoms with Gasteiger partial charge in [-0.2, -0.15) is 0 Å². The van der Waals surface area contributed by atoms with Gasteiger partial charge in [-0.05, 0) is 6.42 Å². The van der Waals surface area contributed by atoms with Crippen LogP contribution in [-0.2, 0) is 4.79 Å². The number of primary amides is 1. The number of amides is 1. The van der Waals surface area contributed by atoms with E-state index in [-0.39, 0.29) is 5.92 Å². The molecule has 0 unspecified atom stereocenters. The van der Waals surface area contributed by atoms with E-state index in [0.717, 1.165) is 0 Å². The van der Waals surface area contributed by atoms with Gasteiger partial charge in [-0.15, -0.1) is 23.2 Å². The van der Waals surface area contributed by atoms with Crippen molar-refractivity contribution in [3.8, 4) is 0 Å². The number of halogens is 2. The number of alkyl halides is 2. The summed E-state index contributed by atoms with van der Waals surface area (Å²) < 4.78 is -0.713. The van der Waals surface area contributed by atoms with Crippen LogP contribution in [0.3, 0.4) is 0 Å². The van der Waals surface area contributed by atoms with Gasteiger partial charge in [0.2, 0.25) is 5.91 Å². The third kappa shape index (κ3) is 1.73. The van der Waals surface area contributed by atoms with E-state index in [4.69, 9.17) is 28.9 Å². The van der Waals surface area contributed by atoms with Crippen molar-refractivity contribution in [3.63, 3.8) is 0 Å². The van der Waals surface area contributed by atoms with Crippen LogP contribution in [0.1, 0.15) is 6.42 Å². The molecule has 9 heavy (non-hydrogen) atoms. The summed E-state index contributed by atoms with van der Waals surface area (Å²) in [5, 5.41) is 0. The highest BCUT2D eigenvalue weighted by atomic mass is 35.5. The Balaban J connectivity index is 2.28. The molecule has 2 nitrogen and oxygen atoms in total. The number of carbonyl (C=O) groups is 1. The minimum absolute atomic E-state index is 0.0293. The van der Waals surface area contributed by atoms with Gasteiger partial charge in [0.25, 0.3) is 0 Å². The van der Waals surface area contributed by atoms with E-state index in [1.165, 1.54) is 6.42 Å². The van der Waals surface area contributed by atoms with Crippen molar-refractivity contribution < 1.29 is 4.79 Å². The van der Waals surface area contributed by atoms with Crippen molar-refractivity contribution in [1.82, 2.24) is 0 Å². The summed E-state index contributed by atoms with van der Waals surface area (Å²) in [4.78, 5) is 10.2. The summed E-state index contributed by atoms with van der Waals surface area (Å²) in [6, 6.07) is 0. The number of rotatable bonds is 2. The van der Waals surface area contributed by atoms with Crippen LogP contribution in [-0.4, -0.2) is 10.2 Å². The van der Waals surface area contributed by atoms with Gasteiger partial charge in [-0.25, -0.2) is 0 Å². The molecule has 1 saturated carbocycles. The van der Waals surface area contributed by atoms with Crippen LogP contribution in [0.25, 0.3) is 0 Å². The van der Waals surface area contributed by atoms with Crippen LogP contribution in [0, 0.1) is 12.3 Å². The van der Waals surface area contributed by atoms with E-state index in [1.54, 1.807) is 0 Å². The molecule has 1 amide bonds. The summed E-state index contributed by atoms with van der Waals surface area (Å²) in [5.74, 6) is -0.485. The topological polar surface area (TPSA) is 43.1 Å². The average molecular weight is 167 g/mol. The summed E-state index contributed by atoms with van der Waals surface area (Å²) in [6.07, 6.45) is 1.99. The smallest absolute Gasteiger partial charge is 0.221 e. The van der Waals surface area contributed by atoms with Gasteiger partial charge in [0, 0.05) is 5.92 Å². The third-order valence-corrected chi connectivity index (χ3v) is 2.11. The third-order valence-electron chi connectivity index (χ3n) is 1.24. The zero-order valence-electron chi connectivity index (χ0n) is 4.60. The van der Waals surface area contributed by atoms with Gasteiger partial charge in [0.15, 0.2) is 0 Å². The Morgan fingerprint density at radius 1 is 1.78 bits per heavy atom. The van der Waals surface area contributed by atoms with Gasteiger partial charge < -0.3 is 5.73 Å². The first-order valence-electron chi connectivity index (χ1n) is 2.54. The number of carbonyl (C=O) groups excluding carboxylic acids is 1. The zero-order valence-corrected chi connectivity index (χ0v) is 6.12.